The Kier molecular flexibility index (Phi) is 4.74. The van der Waals surface area contributed by atoms with Crippen molar-refractivity contribution < 1.29 is 4.79 Å². The Morgan fingerprint density at radius 1 is 1.06 bits per heavy atom. The van der Waals surface area contributed by atoms with Crippen molar-refractivity contribution in [2.45, 2.75) is 0 Å². The summed E-state index contributed by atoms with van der Waals surface area (Å²) in [7, 11) is 0. The zero-order chi connectivity index (χ0) is 11.8. The van der Waals surface area contributed by atoms with E-state index in [0.717, 1.165) is 0 Å². The standard InChI is InChI=1S/C15H14O/c1-3-5-7-10-13(4-2)15(16)14-11-8-6-9-12-14/h3-12H,1-2H2/b7-5-,13-10+. The predicted molar refractivity (Wildman–Crippen MR) is 68.4 cm³/mol. The summed E-state index contributed by atoms with van der Waals surface area (Å²) in [6.45, 7) is 7.20. The number of hydrogen-bond donors (Lipinski definition) is 0. The number of Topliss-reactive ketones (excluding diaryl/α,β-unsaturated/α-hetero) is 1. The number of benzene rings is 1. The second-order valence-corrected chi connectivity index (χ2v) is 3.14. The molecule has 0 aliphatic heterocycles. The SMILES string of the molecule is C=C/C=C\C=C(/C=C)C(=O)c1ccccc1. The third-order valence-electron chi connectivity index (χ3n) is 2.04. The summed E-state index contributed by atoms with van der Waals surface area (Å²) in [5.74, 6) is -0.0238. The van der Waals surface area contributed by atoms with Crippen molar-refractivity contribution in [1.29, 1.82) is 0 Å². The maximum atomic E-state index is 12.0. The van der Waals surface area contributed by atoms with Crippen molar-refractivity contribution in [3.8, 4) is 0 Å². The van der Waals surface area contributed by atoms with Gasteiger partial charge in [0.1, 0.15) is 0 Å². The Morgan fingerprint density at radius 2 is 1.75 bits per heavy atom. The van der Waals surface area contributed by atoms with Crippen LogP contribution >= 0.6 is 0 Å². The molecular weight excluding hydrogens is 196 g/mol. The van der Waals surface area contributed by atoms with Gasteiger partial charge in [-0.2, -0.15) is 0 Å². The van der Waals surface area contributed by atoms with Crippen LogP contribution in [0.3, 0.4) is 0 Å². The molecule has 16 heavy (non-hydrogen) atoms. The molecule has 0 aliphatic rings. The maximum Gasteiger partial charge on any atom is 0.192 e. The lowest BCUT2D eigenvalue weighted by atomic mass is 10.0. The molecule has 1 aromatic carbocycles. The fourth-order valence-electron chi connectivity index (χ4n) is 1.23. The number of carbonyl (C=O) groups is 1. The first kappa shape index (κ1) is 11.9. The molecule has 0 aliphatic carbocycles. The highest BCUT2D eigenvalue weighted by atomic mass is 16.1. The van der Waals surface area contributed by atoms with E-state index in [1.807, 2.05) is 18.2 Å². The summed E-state index contributed by atoms with van der Waals surface area (Å²) in [6.07, 6.45) is 8.48. The van der Waals surface area contributed by atoms with Gasteiger partial charge in [-0.15, -0.1) is 0 Å². The highest BCUT2D eigenvalue weighted by Gasteiger charge is 2.07. The number of allylic oxidation sites excluding steroid dienone is 6. The van der Waals surface area contributed by atoms with Crippen LogP contribution < -0.4 is 0 Å². The normalized spacial score (nSPS) is 11.4. The zero-order valence-corrected chi connectivity index (χ0v) is 9.10. The van der Waals surface area contributed by atoms with Gasteiger partial charge in [0.05, 0.1) is 0 Å². The molecule has 0 saturated heterocycles. The molecule has 0 radical (unpaired) electrons. The number of ketones is 1. The van der Waals surface area contributed by atoms with Gasteiger partial charge < -0.3 is 0 Å². The van der Waals surface area contributed by atoms with Crippen LogP contribution in [0.25, 0.3) is 0 Å². The van der Waals surface area contributed by atoms with Crippen LogP contribution in [0, 0.1) is 0 Å². The van der Waals surface area contributed by atoms with Crippen molar-refractivity contribution in [3.63, 3.8) is 0 Å². The fraction of sp³-hybridized carbons (Fsp3) is 0. The monoisotopic (exact) mass is 210 g/mol. The van der Waals surface area contributed by atoms with E-state index in [9.17, 15) is 4.79 Å². The summed E-state index contributed by atoms with van der Waals surface area (Å²) < 4.78 is 0. The molecule has 0 spiro atoms. The summed E-state index contributed by atoms with van der Waals surface area (Å²) in [4.78, 5) is 12.0. The molecule has 0 unspecified atom stereocenters. The molecule has 0 aromatic heterocycles. The lowest BCUT2D eigenvalue weighted by molar-refractivity contribution is 0.103. The molecule has 0 amide bonds. The van der Waals surface area contributed by atoms with Gasteiger partial charge in [-0.05, 0) is 0 Å². The van der Waals surface area contributed by atoms with Crippen LogP contribution in [0.5, 0.6) is 0 Å². The van der Waals surface area contributed by atoms with Crippen LogP contribution in [-0.2, 0) is 0 Å². The predicted octanol–water partition coefficient (Wildman–Crippen LogP) is 3.72. The van der Waals surface area contributed by atoms with E-state index in [1.54, 1.807) is 42.5 Å². The Balaban J connectivity index is 2.94. The number of carbonyl (C=O) groups excluding carboxylic acids is 1. The molecule has 1 aromatic rings. The lowest BCUT2D eigenvalue weighted by Crippen LogP contribution is -2.00. The molecule has 0 N–H and O–H groups in total. The first-order valence-corrected chi connectivity index (χ1v) is 5.01. The molecule has 80 valence electrons. The Hall–Kier alpha value is -2.15. The molecule has 0 saturated carbocycles. The molecule has 1 heteroatoms. The minimum absolute atomic E-state index is 0.0238. The largest absolute Gasteiger partial charge is 0.289 e. The smallest absolute Gasteiger partial charge is 0.192 e. The number of rotatable bonds is 5. The van der Waals surface area contributed by atoms with Crippen LogP contribution in [-0.4, -0.2) is 5.78 Å². The summed E-state index contributed by atoms with van der Waals surface area (Å²) in [5.41, 5.74) is 1.24. The van der Waals surface area contributed by atoms with Gasteiger partial charge in [0.25, 0.3) is 0 Å². The van der Waals surface area contributed by atoms with E-state index in [1.165, 1.54) is 0 Å². The average molecular weight is 210 g/mol. The quantitative estimate of drug-likeness (QED) is 0.411. The first-order chi connectivity index (χ1) is 7.79. The molecule has 0 atom stereocenters. The minimum atomic E-state index is -0.0238. The Bertz CT molecular complexity index is 436. The first-order valence-electron chi connectivity index (χ1n) is 5.01. The highest BCUT2D eigenvalue weighted by Crippen LogP contribution is 2.09. The second kappa shape index (κ2) is 6.36. The molecule has 0 heterocycles. The Labute approximate surface area is 96.1 Å². The van der Waals surface area contributed by atoms with Crippen molar-refractivity contribution >= 4 is 5.78 Å². The van der Waals surface area contributed by atoms with Crippen molar-refractivity contribution in [1.82, 2.24) is 0 Å². The second-order valence-electron chi connectivity index (χ2n) is 3.14. The van der Waals surface area contributed by atoms with Crippen molar-refractivity contribution in [2.75, 3.05) is 0 Å². The van der Waals surface area contributed by atoms with E-state index < -0.39 is 0 Å². The van der Waals surface area contributed by atoms with E-state index in [2.05, 4.69) is 13.2 Å². The third kappa shape index (κ3) is 3.21. The van der Waals surface area contributed by atoms with Crippen LogP contribution in [0.2, 0.25) is 0 Å². The van der Waals surface area contributed by atoms with Crippen LogP contribution in [0.1, 0.15) is 10.4 Å². The molecule has 0 fully saturated rings. The van der Waals surface area contributed by atoms with Crippen molar-refractivity contribution in [2.24, 2.45) is 0 Å². The van der Waals surface area contributed by atoms with Gasteiger partial charge in [-0.1, -0.05) is 73.9 Å². The van der Waals surface area contributed by atoms with E-state index >= 15 is 0 Å². The van der Waals surface area contributed by atoms with E-state index in [0.29, 0.717) is 11.1 Å². The average Bonchev–Trinajstić information content (AvgIpc) is 2.35. The van der Waals surface area contributed by atoms with E-state index in [4.69, 9.17) is 0 Å². The zero-order valence-electron chi connectivity index (χ0n) is 9.10. The minimum Gasteiger partial charge on any atom is -0.289 e. The summed E-state index contributed by atoms with van der Waals surface area (Å²) in [5, 5.41) is 0. The fourth-order valence-corrected chi connectivity index (χ4v) is 1.23. The van der Waals surface area contributed by atoms with Gasteiger partial charge in [0.15, 0.2) is 5.78 Å². The number of hydrogen-bond acceptors (Lipinski definition) is 1. The summed E-state index contributed by atoms with van der Waals surface area (Å²) >= 11 is 0. The van der Waals surface area contributed by atoms with Crippen LogP contribution in [0.4, 0.5) is 0 Å². The van der Waals surface area contributed by atoms with Crippen molar-refractivity contribution in [3.05, 3.63) is 85.0 Å². The molecule has 1 nitrogen and oxygen atoms in total. The Morgan fingerprint density at radius 3 is 2.31 bits per heavy atom. The van der Waals surface area contributed by atoms with Gasteiger partial charge in [0.2, 0.25) is 0 Å². The van der Waals surface area contributed by atoms with Gasteiger partial charge in [0, 0.05) is 11.1 Å². The van der Waals surface area contributed by atoms with Gasteiger partial charge in [-0.3, -0.25) is 4.79 Å². The van der Waals surface area contributed by atoms with Gasteiger partial charge >= 0.3 is 0 Å². The molecule has 1 rings (SSSR count). The maximum absolute atomic E-state index is 12.0. The highest BCUT2D eigenvalue weighted by molar-refractivity contribution is 6.10. The van der Waals surface area contributed by atoms with Gasteiger partial charge in [-0.25, -0.2) is 0 Å². The summed E-state index contributed by atoms with van der Waals surface area (Å²) in [6, 6.07) is 9.14. The third-order valence-corrected chi connectivity index (χ3v) is 2.04. The molecular formula is C15H14O. The molecule has 0 bridgehead atoms. The van der Waals surface area contributed by atoms with Crippen LogP contribution in [0.15, 0.2) is 79.4 Å². The van der Waals surface area contributed by atoms with E-state index in [-0.39, 0.29) is 5.78 Å². The topological polar surface area (TPSA) is 17.1 Å². The lowest BCUT2D eigenvalue weighted by Gasteiger charge is -1.99.